The topological polar surface area (TPSA) is 79.3 Å². The van der Waals surface area contributed by atoms with Crippen LogP contribution in [0, 0.1) is 5.92 Å². The van der Waals surface area contributed by atoms with Gasteiger partial charge in [-0.25, -0.2) is 8.42 Å². The molecule has 3 aromatic carbocycles. The molecule has 0 aliphatic carbocycles. The summed E-state index contributed by atoms with van der Waals surface area (Å²) in [4.78, 5) is 2.34. The van der Waals surface area contributed by atoms with E-state index in [4.69, 9.17) is 9.47 Å². The van der Waals surface area contributed by atoms with Gasteiger partial charge in [0.25, 0.3) is 0 Å². The Labute approximate surface area is 206 Å². The lowest BCUT2D eigenvalue weighted by atomic mass is 9.81. The number of aliphatic hydroxyl groups excluding tert-OH is 1. The van der Waals surface area contributed by atoms with E-state index in [2.05, 4.69) is 11.0 Å². The summed E-state index contributed by atoms with van der Waals surface area (Å²) in [7, 11) is 1.42. The predicted molar refractivity (Wildman–Crippen MR) is 135 cm³/mol. The number of sulfonamides is 1. The third kappa shape index (κ3) is 3.95. The number of rotatable bonds is 6. The van der Waals surface area contributed by atoms with Crippen molar-refractivity contribution in [3.8, 4) is 22.6 Å². The highest BCUT2D eigenvalue weighted by Crippen LogP contribution is 2.51. The van der Waals surface area contributed by atoms with Crippen molar-refractivity contribution >= 4 is 15.7 Å². The third-order valence-electron chi connectivity index (χ3n) is 7.39. The second kappa shape index (κ2) is 9.18. The summed E-state index contributed by atoms with van der Waals surface area (Å²) in [6, 6.07) is 20.0. The van der Waals surface area contributed by atoms with Crippen LogP contribution in [0.1, 0.15) is 18.0 Å². The van der Waals surface area contributed by atoms with Crippen molar-refractivity contribution < 1.29 is 23.0 Å². The van der Waals surface area contributed by atoms with Gasteiger partial charge in [-0.3, -0.25) is 0 Å². The molecule has 3 aromatic rings. The SMILES string of the molecule is COc1ccc(-c2ccc3c(c2)[C@H]2[C@H](CCN2S(=O)(=O)c2ccc(OC)cc2)[C@H](CO)N3C)cc1. The fourth-order valence-corrected chi connectivity index (χ4v) is 7.19. The van der Waals surface area contributed by atoms with E-state index in [0.717, 1.165) is 28.1 Å². The molecule has 0 radical (unpaired) electrons. The molecule has 7 nitrogen and oxygen atoms in total. The van der Waals surface area contributed by atoms with Gasteiger partial charge in [-0.05, 0) is 71.6 Å². The van der Waals surface area contributed by atoms with Crippen LogP contribution < -0.4 is 14.4 Å². The minimum Gasteiger partial charge on any atom is -0.497 e. The fraction of sp³-hybridized carbons (Fsp3) is 0.333. The van der Waals surface area contributed by atoms with Crippen LogP contribution in [-0.2, 0) is 10.0 Å². The largest absolute Gasteiger partial charge is 0.497 e. The Kier molecular flexibility index (Phi) is 6.21. The van der Waals surface area contributed by atoms with Gasteiger partial charge in [0.1, 0.15) is 11.5 Å². The molecule has 2 aliphatic rings. The summed E-state index contributed by atoms with van der Waals surface area (Å²) in [5, 5.41) is 10.2. The first-order chi connectivity index (χ1) is 16.9. The lowest BCUT2D eigenvalue weighted by Gasteiger charge is -2.44. The van der Waals surface area contributed by atoms with Crippen LogP contribution in [0.2, 0.25) is 0 Å². The first kappa shape index (κ1) is 23.7. The van der Waals surface area contributed by atoms with E-state index in [1.54, 1.807) is 42.8 Å². The highest BCUT2D eigenvalue weighted by Gasteiger charge is 2.50. The first-order valence-electron chi connectivity index (χ1n) is 11.7. The highest BCUT2D eigenvalue weighted by atomic mass is 32.2. The molecule has 5 rings (SSSR count). The second-order valence-corrected chi connectivity index (χ2v) is 10.9. The molecule has 0 amide bonds. The van der Waals surface area contributed by atoms with Crippen molar-refractivity contribution in [1.82, 2.24) is 4.31 Å². The van der Waals surface area contributed by atoms with Crippen LogP contribution in [0.3, 0.4) is 0 Å². The van der Waals surface area contributed by atoms with Gasteiger partial charge >= 0.3 is 0 Å². The summed E-state index contributed by atoms with van der Waals surface area (Å²) in [6.45, 7) is 0.369. The molecule has 0 spiro atoms. The Hall–Kier alpha value is -3.07. The summed E-state index contributed by atoms with van der Waals surface area (Å²) in [6.07, 6.45) is 0.682. The van der Waals surface area contributed by atoms with Crippen molar-refractivity contribution in [3.05, 3.63) is 72.3 Å². The van der Waals surface area contributed by atoms with Crippen LogP contribution in [0.15, 0.2) is 71.6 Å². The van der Waals surface area contributed by atoms with Gasteiger partial charge < -0.3 is 19.5 Å². The molecule has 2 aliphatic heterocycles. The molecule has 0 bridgehead atoms. The van der Waals surface area contributed by atoms with E-state index < -0.39 is 10.0 Å². The van der Waals surface area contributed by atoms with Crippen LogP contribution >= 0.6 is 0 Å². The Morgan fingerprint density at radius 2 is 1.51 bits per heavy atom. The van der Waals surface area contributed by atoms with E-state index in [9.17, 15) is 13.5 Å². The third-order valence-corrected chi connectivity index (χ3v) is 9.29. The number of methoxy groups -OCH3 is 2. The molecular formula is C27H30N2O5S. The molecule has 3 atom stereocenters. The number of benzene rings is 3. The van der Waals surface area contributed by atoms with E-state index >= 15 is 0 Å². The molecule has 1 fully saturated rings. The second-order valence-electron chi connectivity index (χ2n) is 9.05. The standard InChI is InChI=1S/C27H30N2O5S/c1-28-25-13-6-19(18-4-7-20(33-2)8-5-18)16-24(25)27-23(26(28)17-30)14-15-29(27)35(31,32)22-11-9-21(34-3)10-12-22/h4-13,16,23,26-27,30H,14-15,17H2,1-3H3/t23-,26+,27-/m1/s1. The van der Waals surface area contributed by atoms with Gasteiger partial charge in [-0.2, -0.15) is 4.31 Å². The van der Waals surface area contributed by atoms with Gasteiger partial charge in [0.05, 0.1) is 37.8 Å². The smallest absolute Gasteiger partial charge is 0.243 e. The van der Waals surface area contributed by atoms with Gasteiger partial charge in [0.15, 0.2) is 0 Å². The summed E-state index contributed by atoms with van der Waals surface area (Å²) in [5.74, 6) is 1.37. The number of ether oxygens (including phenoxy) is 2. The quantitative estimate of drug-likeness (QED) is 0.559. The number of nitrogens with zero attached hydrogens (tertiary/aromatic N) is 2. The van der Waals surface area contributed by atoms with Crippen LogP contribution in [0.25, 0.3) is 11.1 Å². The number of hydrogen-bond donors (Lipinski definition) is 1. The van der Waals surface area contributed by atoms with Crippen molar-refractivity contribution in [3.63, 3.8) is 0 Å². The average molecular weight is 495 g/mol. The zero-order valence-electron chi connectivity index (χ0n) is 20.1. The monoisotopic (exact) mass is 494 g/mol. The Morgan fingerprint density at radius 3 is 2.11 bits per heavy atom. The molecule has 8 heteroatoms. The lowest BCUT2D eigenvalue weighted by molar-refractivity contribution is 0.193. The molecule has 35 heavy (non-hydrogen) atoms. The van der Waals surface area contributed by atoms with Crippen molar-refractivity contribution in [2.45, 2.75) is 23.4 Å². The average Bonchev–Trinajstić information content (AvgIpc) is 3.35. The first-order valence-corrected chi connectivity index (χ1v) is 13.1. The zero-order chi connectivity index (χ0) is 24.7. The molecule has 1 saturated heterocycles. The van der Waals surface area contributed by atoms with E-state index in [1.807, 2.05) is 43.4 Å². The minimum absolute atomic E-state index is 0.0170. The molecular weight excluding hydrogens is 464 g/mol. The maximum Gasteiger partial charge on any atom is 0.243 e. The van der Waals surface area contributed by atoms with Crippen molar-refractivity contribution in [2.24, 2.45) is 5.92 Å². The molecule has 0 unspecified atom stereocenters. The number of anilines is 1. The van der Waals surface area contributed by atoms with Crippen LogP contribution in [0.4, 0.5) is 5.69 Å². The normalized spacial score (nSPS) is 21.9. The Balaban J connectivity index is 1.60. The lowest BCUT2D eigenvalue weighted by Crippen LogP contribution is -2.48. The molecule has 0 saturated carbocycles. The number of likely N-dealkylation sites (N-methyl/N-ethyl adjacent to an activating group) is 1. The number of aliphatic hydroxyl groups is 1. The van der Waals surface area contributed by atoms with Gasteiger partial charge in [-0.1, -0.05) is 18.2 Å². The fourth-order valence-electron chi connectivity index (χ4n) is 5.53. The number of fused-ring (bicyclic) bond motifs is 3. The summed E-state index contributed by atoms with van der Waals surface area (Å²) < 4.78 is 39.7. The minimum atomic E-state index is -3.75. The summed E-state index contributed by atoms with van der Waals surface area (Å²) in [5.41, 5.74) is 3.94. The van der Waals surface area contributed by atoms with Crippen LogP contribution in [0.5, 0.6) is 11.5 Å². The van der Waals surface area contributed by atoms with Gasteiger partial charge in [0, 0.05) is 25.2 Å². The Bertz CT molecular complexity index is 1310. The maximum absolute atomic E-state index is 13.8. The van der Waals surface area contributed by atoms with Crippen LogP contribution in [-0.4, -0.2) is 58.3 Å². The Morgan fingerprint density at radius 1 is 0.914 bits per heavy atom. The molecule has 184 valence electrons. The molecule has 1 N–H and O–H groups in total. The summed E-state index contributed by atoms with van der Waals surface area (Å²) >= 11 is 0. The molecule has 0 aromatic heterocycles. The predicted octanol–water partition coefficient (Wildman–Crippen LogP) is 3.93. The van der Waals surface area contributed by atoms with Gasteiger partial charge in [-0.15, -0.1) is 0 Å². The van der Waals surface area contributed by atoms with E-state index in [0.29, 0.717) is 18.7 Å². The van der Waals surface area contributed by atoms with Gasteiger partial charge in [0.2, 0.25) is 10.0 Å². The molecule has 2 heterocycles. The van der Waals surface area contributed by atoms with Crippen molar-refractivity contribution in [1.29, 1.82) is 0 Å². The highest BCUT2D eigenvalue weighted by molar-refractivity contribution is 7.89. The zero-order valence-corrected chi connectivity index (χ0v) is 20.9. The van der Waals surface area contributed by atoms with Crippen molar-refractivity contribution in [2.75, 3.05) is 39.3 Å². The van der Waals surface area contributed by atoms with E-state index in [-0.39, 0.29) is 29.5 Å². The number of hydrogen-bond acceptors (Lipinski definition) is 6. The van der Waals surface area contributed by atoms with E-state index in [1.165, 1.54) is 0 Å². The maximum atomic E-state index is 13.8.